The number of benzene rings is 1. The van der Waals surface area contributed by atoms with Crippen molar-refractivity contribution in [2.45, 2.75) is 57.0 Å². The highest BCUT2D eigenvalue weighted by Crippen LogP contribution is 2.31. The average Bonchev–Trinajstić information content (AvgIpc) is 3.22. The molecule has 0 bridgehead atoms. The summed E-state index contributed by atoms with van der Waals surface area (Å²) in [4.78, 5) is 12.9. The second-order valence-electron chi connectivity index (χ2n) is 7.49. The van der Waals surface area contributed by atoms with Gasteiger partial charge in [-0.2, -0.15) is 0 Å². The number of ether oxygens (including phenoxy) is 3. The smallest absolute Gasteiger partial charge is 0.217 e. The maximum Gasteiger partial charge on any atom is 0.217 e. The van der Waals surface area contributed by atoms with E-state index in [-0.39, 0.29) is 27.7 Å². The molecule has 0 amide bonds. The zero-order chi connectivity index (χ0) is 18.4. The Kier molecular flexibility index (Phi) is 7.01. The number of carbonyl (C=O) groups is 1. The highest BCUT2D eigenvalue weighted by Gasteiger charge is 2.47. The lowest BCUT2D eigenvalue weighted by Crippen LogP contribution is -2.41. The summed E-state index contributed by atoms with van der Waals surface area (Å²) >= 11 is 0. The first-order valence-corrected chi connectivity index (χ1v) is 11.3. The van der Waals surface area contributed by atoms with Crippen LogP contribution in [0.3, 0.4) is 0 Å². The molecule has 2 fully saturated rings. The van der Waals surface area contributed by atoms with Gasteiger partial charge in [-0.05, 0) is 70.2 Å². The van der Waals surface area contributed by atoms with Gasteiger partial charge in [0.25, 0.3) is 0 Å². The zero-order valence-corrected chi connectivity index (χ0v) is 16.8. The molecule has 0 saturated carbocycles. The summed E-state index contributed by atoms with van der Waals surface area (Å²) in [6, 6.07) is 7.56. The van der Waals surface area contributed by atoms with Gasteiger partial charge in [-0.25, -0.2) is 0 Å². The van der Waals surface area contributed by atoms with E-state index in [0.29, 0.717) is 13.2 Å². The van der Waals surface area contributed by atoms with Crippen molar-refractivity contribution in [2.24, 2.45) is 0 Å². The average molecular weight is 380 g/mol. The Labute approximate surface area is 159 Å². The van der Waals surface area contributed by atoms with Crippen molar-refractivity contribution < 1.29 is 19.0 Å². The first-order chi connectivity index (χ1) is 12.6. The predicted molar refractivity (Wildman–Crippen MR) is 106 cm³/mol. The number of hydrogen-bond acceptors (Lipinski definition) is 4. The van der Waals surface area contributed by atoms with E-state index in [1.807, 2.05) is 24.3 Å². The van der Waals surface area contributed by atoms with Crippen LogP contribution in [-0.2, 0) is 20.4 Å². The molecule has 2 saturated heterocycles. The second-order valence-corrected chi connectivity index (χ2v) is 10.3. The standard InChI is InChI=1S/C21H31O4S/c1-21(2,26-15-5-6-16-26)20(22)17-8-10-18(11-9-17)23-13-14-25-19-7-3-4-12-24-19/h8-11,19H,3-7,12-16H2,1-2H3/q+1. The van der Waals surface area contributed by atoms with E-state index >= 15 is 0 Å². The summed E-state index contributed by atoms with van der Waals surface area (Å²) in [7, 11) is 0.208. The molecule has 0 N–H and O–H groups in total. The largest absolute Gasteiger partial charge is 0.491 e. The maximum absolute atomic E-state index is 12.9. The van der Waals surface area contributed by atoms with Gasteiger partial charge >= 0.3 is 0 Å². The fourth-order valence-corrected chi connectivity index (χ4v) is 6.24. The molecule has 0 spiro atoms. The zero-order valence-electron chi connectivity index (χ0n) is 16.0. The van der Waals surface area contributed by atoms with Gasteiger partial charge in [0.05, 0.1) is 6.61 Å². The van der Waals surface area contributed by atoms with E-state index in [0.717, 1.165) is 30.8 Å². The van der Waals surface area contributed by atoms with E-state index in [1.165, 1.54) is 30.8 Å². The molecule has 1 unspecified atom stereocenters. The number of hydrogen-bond donors (Lipinski definition) is 0. The molecule has 1 atom stereocenters. The van der Waals surface area contributed by atoms with Gasteiger partial charge in [-0.1, -0.05) is 0 Å². The van der Waals surface area contributed by atoms with Crippen LogP contribution in [0.1, 0.15) is 56.3 Å². The van der Waals surface area contributed by atoms with Crippen molar-refractivity contribution in [3.8, 4) is 5.75 Å². The topological polar surface area (TPSA) is 44.8 Å². The van der Waals surface area contributed by atoms with Crippen LogP contribution in [0.5, 0.6) is 5.75 Å². The summed E-state index contributed by atoms with van der Waals surface area (Å²) in [6.45, 7) is 6.01. The molecule has 0 aliphatic carbocycles. The van der Waals surface area contributed by atoms with Gasteiger partial charge in [0, 0.05) is 23.1 Å². The van der Waals surface area contributed by atoms with Crippen LogP contribution in [0.25, 0.3) is 0 Å². The van der Waals surface area contributed by atoms with Crippen LogP contribution in [0.4, 0.5) is 0 Å². The lowest BCUT2D eigenvalue weighted by atomic mass is 10.0. The Hall–Kier alpha value is -1.04. The van der Waals surface area contributed by atoms with E-state index in [4.69, 9.17) is 14.2 Å². The Morgan fingerprint density at radius 1 is 1.12 bits per heavy atom. The van der Waals surface area contributed by atoms with Crippen molar-refractivity contribution in [1.82, 2.24) is 0 Å². The molecule has 144 valence electrons. The minimum Gasteiger partial charge on any atom is -0.491 e. The van der Waals surface area contributed by atoms with Crippen molar-refractivity contribution in [3.05, 3.63) is 29.8 Å². The van der Waals surface area contributed by atoms with E-state index in [1.54, 1.807) is 0 Å². The fourth-order valence-electron chi connectivity index (χ4n) is 3.53. The van der Waals surface area contributed by atoms with Crippen LogP contribution in [0, 0.1) is 0 Å². The van der Waals surface area contributed by atoms with E-state index in [9.17, 15) is 4.79 Å². The molecular weight excluding hydrogens is 348 g/mol. The minimum absolute atomic E-state index is 0.0778. The fraction of sp³-hybridized carbons (Fsp3) is 0.667. The normalized spacial score (nSPS) is 21.7. The predicted octanol–water partition coefficient (Wildman–Crippen LogP) is 3.98. The Balaban J connectivity index is 1.46. The number of Topliss-reactive ketones (excluding diaryl/α,β-unsaturated/α-hetero) is 1. The number of ketones is 1. The Morgan fingerprint density at radius 2 is 1.85 bits per heavy atom. The molecule has 0 aromatic heterocycles. The van der Waals surface area contributed by atoms with Crippen LogP contribution < -0.4 is 4.74 Å². The second kappa shape index (κ2) is 9.25. The van der Waals surface area contributed by atoms with Gasteiger partial charge in [0.2, 0.25) is 5.78 Å². The van der Waals surface area contributed by atoms with Gasteiger partial charge in [0.1, 0.15) is 23.9 Å². The van der Waals surface area contributed by atoms with Gasteiger partial charge in [-0.3, -0.25) is 4.79 Å². The molecule has 1 aromatic rings. The SMILES string of the molecule is CC(C)(C(=O)c1ccc(OCCOC2CCCCO2)cc1)[S+]1CCCC1. The lowest BCUT2D eigenvalue weighted by Gasteiger charge is -2.22. The molecule has 26 heavy (non-hydrogen) atoms. The van der Waals surface area contributed by atoms with E-state index < -0.39 is 0 Å². The molecule has 2 heterocycles. The third kappa shape index (κ3) is 5.02. The number of rotatable bonds is 8. The Bertz CT molecular complexity index is 572. The lowest BCUT2D eigenvalue weighted by molar-refractivity contribution is -0.165. The number of carbonyl (C=O) groups excluding carboxylic acids is 1. The summed E-state index contributed by atoms with van der Waals surface area (Å²) in [6.07, 6.45) is 5.71. The molecule has 0 radical (unpaired) electrons. The third-order valence-electron chi connectivity index (χ3n) is 5.21. The van der Waals surface area contributed by atoms with Gasteiger partial charge < -0.3 is 14.2 Å². The summed E-state index contributed by atoms with van der Waals surface area (Å²) < 4.78 is 16.7. The quantitative estimate of drug-likeness (QED) is 0.389. The highest BCUT2D eigenvalue weighted by atomic mass is 32.2. The third-order valence-corrected chi connectivity index (χ3v) is 8.40. The summed E-state index contributed by atoms with van der Waals surface area (Å²) in [5, 5.41) is 0. The van der Waals surface area contributed by atoms with Crippen LogP contribution >= 0.6 is 0 Å². The van der Waals surface area contributed by atoms with Crippen molar-refractivity contribution >= 4 is 16.7 Å². The molecule has 1 aromatic carbocycles. The van der Waals surface area contributed by atoms with Crippen molar-refractivity contribution in [3.63, 3.8) is 0 Å². The van der Waals surface area contributed by atoms with E-state index in [2.05, 4.69) is 13.8 Å². The molecule has 3 rings (SSSR count). The van der Waals surface area contributed by atoms with Crippen LogP contribution in [-0.4, -0.2) is 48.1 Å². The van der Waals surface area contributed by atoms with Crippen LogP contribution in [0.2, 0.25) is 0 Å². The first-order valence-electron chi connectivity index (χ1n) is 9.76. The van der Waals surface area contributed by atoms with Crippen molar-refractivity contribution in [1.29, 1.82) is 0 Å². The molecule has 2 aliphatic rings. The van der Waals surface area contributed by atoms with Crippen molar-refractivity contribution in [2.75, 3.05) is 31.3 Å². The van der Waals surface area contributed by atoms with Crippen LogP contribution in [0.15, 0.2) is 24.3 Å². The molecule has 2 aliphatic heterocycles. The Morgan fingerprint density at radius 3 is 2.50 bits per heavy atom. The first kappa shape index (κ1) is 19.7. The molecule has 5 heteroatoms. The summed E-state index contributed by atoms with van der Waals surface area (Å²) in [5.41, 5.74) is 0.786. The molecule has 4 nitrogen and oxygen atoms in total. The van der Waals surface area contributed by atoms with Gasteiger partial charge in [-0.15, -0.1) is 0 Å². The summed E-state index contributed by atoms with van der Waals surface area (Å²) in [5.74, 6) is 3.43. The highest BCUT2D eigenvalue weighted by molar-refractivity contribution is 7.99. The minimum atomic E-state index is -0.257. The van der Waals surface area contributed by atoms with Gasteiger partial charge in [0.15, 0.2) is 11.0 Å². The molecular formula is C21H31O4S+. The maximum atomic E-state index is 12.9. The monoisotopic (exact) mass is 379 g/mol.